The molecule has 2 aromatic rings. The molecule has 3 amide bonds. The minimum absolute atomic E-state index is 0.0229. The van der Waals surface area contributed by atoms with Gasteiger partial charge in [0.15, 0.2) is 0 Å². The van der Waals surface area contributed by atoms with Gasteiger partial charge in [0.25, 0.3) is 5.91 Å². The number of hydrogen-bond acceptors (Lipinski definition) is 2. The summed E-state index contributed by atoms with van der Waals surface area (Å²) in [6.45, 7) is 3.01. The Morgan fingerprint density at radius 2 is 1.70 bits per heavy atom. The summed E-state index contributed by atoms with van der Waals surface area (Å²) >= 11 is 0. The summed E-state index contributed by atoms with van der Waals surface area (Å²) in [6, 6.07) is 11.9. The van der Waals surface area contributed by atoms with Gasteiger partial charge in [-0.1, -0.05) is 43.3 Å². The Balaban J connectivity index is 1.98. The number of alkyl halides is 3. The maximum absolute atomic E-state index is 13.2. The molecule has 1 aliphatic rings. The average molecular weight is 376 g/mol. The van der Waals surface area contributed by atoms with E-state index in [-0.39, 0.29) is 23.8 Å². The maximum Gasteiger partial charge on any atom is 0.416 e. The summed E-state index contributed by atoms with van der Waals surface area (Å²) in [6.07, 6.45) is -3.97. The molecule has 1 fully saturated rings. The zero-order valence-electron chi connectivity index (χ0n) is 15.0. The number of anilines is 1. The zero-order chi connectivity index (χ0) is 19.8. The largest absolute Gasteiger partial charge is 0.416 e. The summed E-state index contributed by atoms with van der Waals surface area (Å²) in [5.74, 6) is -0.531. The fourth-order valence-electron chi connectivity index (χ4n) is 3.48. The second-order valence-electron chi connectivity index (χ2n) is 6.42. The lowest BCUT2D eigenvalue weighted by atomic mass is 10.0. The summed E-state index contributed by atoms with van der Waals surface area (Å²) < 4.78 is 39.6. The number of carbonyl (C=O) groups excluding carboxylic acids is 2. The van der Waals surface area contributed by atoms with Crippen molar-refractivity contribution in [1.29, 1.82) is 0 Å². The van der Waals surface area contributed by atoms with Gasteiger partial charge in [-0.15, -0.1) is 0 Å². The second-order valence-corrected chi connectivity index (χ2v) is 6.42. The molecule has 1 saturated heterocycles. The maximum atomic E-state index is 13.2. The molecular weight excluding hydrogens is 357 g/mol. The van der Waals surface area contributed by atoms with Gasteiger partial charge in [0.1, 0.15) is 6.54 Å². The Bertz CT molecular complexity index is 865. The molecule has 0 aliphatic carbocycles. The van der Waals surface area contributed by atoms with E-state index in [0.29, 0.717) is 6.42 Å². The van der Waals surface area contributed by atoms with Crippen molar-refractivity contribution in [2.24, 2.45) is 0 Å². The van der Waals surface area contributed by atoms with Gasteiger partial charge in [-0.05, 0) is 36.6 Å². The van der Waals surface area contributed by atoms with Crippen molar-refractivity contribution >= 4 is 17.6 Å². The lowest BCUT2D eigenvalue weighted by Gasteiger charge is -2.27. The molecule has 3 rings (SSSR count). The van der Waals surface area contributed by atoms with Gasteiger partial charge < -0.3 is 4.90 Å². The van der Waals surface area contributed by atoms with E-state index in [9.17, 15) is 22.8 Å². The van der Waals surface area contributed by atoms with Gasteiger partial charge in [0, 0.05) is 0 Å². The van der Waals surface area contributed by atoms with Crippen molar-refractivity contribution in [1.82, 2.24) is 4.90 Å². The third-order valence-electron chi connectivity index (χ3n) is 4.79. The van der Waals surface area contributed by atoms with Crippen molar-refractivity contribution in [3.63, 3.8) is 0 Å². The topological polar surface area (TPSA) is 40.6 Å². The first-order valence-electron chi connectivity index (χ1n) is 8.61. The van der Waals surface area contributed by atoms with Crippen LogP contribution in [0.2, 0.25) is 0 Å². The Hall–Kier alpha value is -2.83. The molecule has 1 heterocycles. The molecule has 7 heteroatoms. The van der Waals surface area contributed by atoms with Gasteiger partial charge in [-0.2, -0.15) is 13.2 Å². The summed E-state index contributed by atoms with van der Waals surface area (Å²) in [5.41, 5.74) is -0.135. The SMILES string of the molecule is CCC(c1ccccc1)N1CC(=O)N(c2cccc(C(F)(F)F)c2C)C1=O. The monoisotopic (exact) mass is 376 g/mol. The smallest absolute Gasteiger partial charge is 0.308 e. The third-order valence-corrected chi connectivity index (χ3v) is 4.79. The molecule has 142 valence electrons. The van der Waals surface area contributed by atoms with Crippen LogP contribution in [0, 0.1) is 6.92 Å². The predicted molar refractivity (Wildman–Crippen MR) is 95.2 cm³/mol. The molecule has 0 aromatic heterocycles. The summed E-state index contributed by atoms with van der Waals surface area (Å²) in [5, 5.41) is 0. The van der Waals surface area contributed by atoms with Crippen LogP contribution in [0.3, 0.4) is 0 Å². The Morgan fingerprint density at radius 3 is 2.30 bits per heavy atom. The Labute approximate surface area is 155 Å². The molecule has 0 bridgehead atoms. The highest BCUT2D eigenvalue weighted by Crippen LogP contribution is 2.38. The normalized spacial score (nSPS) is 16.2. The van der Waals surface area contributed by atoms with Crippen molar-refractivity contribution in [2.45, 2.75) is 32.5 Å². The van der Waals surface area contributed by atoms with E-state index in [1.165, 1.54) is 24.0 Å². The minimum Gasteiger partial charge on any atom is -0.308 e. The number of amides is 3. The zero-order valence-corrected chi connectivity index (χ0v) is 15.0. The molecule has 0 radical (unpaired) electrons. The molecule has 2 aromatic carbocycles. The third kappa shape index (κ3) is 3.41. The van der Waals surface area contributed by atoms with Gasteiger partial charge >= 0.3 is 12.2 Å². The number of carbonyl (C=O) groups is 2. The van der Waals surface area contributed by atoms with Crippen LogP contribution in [0.25, 0.3) is 0 Å². The highest BCUT2D eigenvalue weighted by Gasteiger charge is 2.42. The van der Waals surface area contributed by atoms with Gasteiger partial charge in [0.2, 0.25) is 0 Å². The van der Waals surface area contributed by atoms with Crippen LogP contribution in [-0.2, 0) is 11.0 Å². The van der Waals surface area contributed by atoms with Crippen LogP contribution in [0.4, 0.5) is 23.7 Å². The fourth-order valence-corrected chi connectivity index (χ4v) is 3.48. The molecule has 4 nitrogen and oxygen atoms in total. The van der Waals surface area contributed by atoms with Crippen molar-refractivity contribution in [3.8, 4) is 0 Å². The molecule has 1 unspecified atom stereocenters. The van der Waals surface area contributed by atoms with E-state index in [1.807, 2.05) is 37.3 Å². The lowest BCUT2D eigenvalue weighted by molar-refractivity contribution is -0.138. The number of imide groups is 1. The number of hydrogen-bond donors (Lipinski definition) is 0. The first-order valence-corrected chi connectivity index (χ1v) is 8.61. The molecule has 1 aliphatic heterocycles. The first-order chi connectivity index (χ1) is 12.8. The first kappa shape index (κ1) is 18.9. The van der Waals surface area contributed by atoms with E-state index in [0.717, 1.165) is 16.5 Å². The van der Waals surface area contributed by atoms with Gasteiger partial charge in [-0.3, -0.25) is 4.79 Å². The quantitative estimate of drug-likeness (QED) is 0.710. The highest BCUT2D eigenvalue weighted by atomic mass is 19.4. The van der Waals surface area contributed by atoms with Crippen LogP contribution in [0.5, 0.6) is 0 Å². The molecule has 0 spiro atoms. The number of rotatable bonds is 4. The standard InChI is InChI=1S/C20H19F3N2O2/c1-3-16(14-8-5-4-6-9-14)24-12-18(26)25(19(24)27)17-11-7-10-15(13(17)2)20(21,22)23/h4-11,16H,3,12H2,1-2H3. The fraction of sp³-hybridized carbons (Fsp3) is 0.300. The second kappa shape index (κ2) is 7.06. The van der Waals surface area contributed by atoms with E-state index in [2.05, 4.69) is 0 Å². The lowest BCUT2D eigenvalue weighted by Crippen LogP contribution is -2.35. The number of benzene rings is 2. The minimum atomic E-state index is -4.55. The summed E-state index contributed by atoms with van der Waals surface area (Å²) in [7, 11) is 0. The Kier molecular flexibility index (Phi) is 4.95. The number of urea groups is 1. The van der Waals surface area contributed by atoms with E-state index >= 15 is 0 Å². The van der Waals surface area contributed by atoms with Crippen LogP contribution in [0.1, 0.15) is 36.1 Å². The van der Waals surface area contributed by atoms with E-state index in [1.54, 1.807) is 0 Å². The van der Waals surface area contributed by atoms with Crippen LogP contribution in [-0.4, -0.2) is 23.4 Å². The van der Waals surface area contributed by atoms with Crippen molar-refractivity contribution in [3.05, 3.63) is 65.2 Å². The molecule has 1 atom stereocenters. The van der Waals surface area contributed by atoms with Crippen molar-refractivity contribution < 1.29 is 22.8 Å². The number of halogens is 3. The molecule has 0 saturated carbocycles. The van der Waals surface area contributed by atoms with E-state index in [4.69, 9.17) is 0 Å². The molecule has 27 heavy (non-hydrogen) atoms. The highest BCUT2D eigenvalue weighted by molar-refractivity contribution is 6.20. The Morgan fingerprint density at radius 1 is 1.04 bits per heavy atom. The van der Waals surface area contributed by atoms with Gasteiger partial charge in [0.05, 0.1) is 17.3 Å². The predicted octanol–water partition coefficient (Wildman–Crippen LogP) is 4.93. The van der Waals surface area contributed by atoms with Crippen LogP contribution >= 0.6 is 0 Å². The van der Waals surface area contributed by atoms with Gasteiger partial charge in [-0.25, -0.2) is 9.69 Å². The molecule has 0 N–H and O–H groups in total. The molecular formula is C20H19F3N2O2. The van der Waals surface area contributed by atoms with Crippen molar-refractivity contribution in [2.75, 3.05) is 11.4 Å². The van der Waals surface area contributed by atoms with Crippen LogP contribution < -0.4 is 4.90 Å². The average Bonchev–Trinajstić information content (AvgIpc) is 2.90. The van der Waals surface area contributed by atoms with Crippen LogP contribution in [0.15, 0.2) is 48.5 Å². The van der Waals surface area contributed by atoms with E-state index < -0.39 is 23.7 Å². The summed E-state index contributed by atoms with van der Waals surface area (Å²) in [4.78, 5) is 27.8. The number of nitrogens with zero attached hydrogens (tertiary/aromatic N) is 2.